The molecule has 0 heterocycles. The van der Waals surface area contributed by atoms with Gasteiger partial charge in [0.25, 0.3) is 0 Å². The lowest BCUT2D eigenvalue weighted by Gasteiger charge is -2.03. The molecule has 0 fully saturated rings. The Balaban J connectivity index is 3.04. The Labute approximate surface area is 105 Å². The van der Waals surface area contributed by atoms with Gasteiger partial charge >= 0.3 is 10.3 Å². The van der Waals surface area contributed by atoms with Gasteiger partial charge in [-0.2, -0.15) is 8.42 Å². The third-order valence-electron chi connectivity index (χ3n) is 2.51. The van der Waals surface area contributed by atoms with Crippen LogP contribution in [0, 0.1) is 0 Å². The number of hydrogen-bond acceptors (Lipinski definition) is 3. The molecule has 0 amide bonds. The SMILES string of the molecule is CCCCCCCCCCCONS(=O)(=O)O. The van der Waals surface area contributed by atoms with Crippen LogP contribution < -0.4 is 4.89 Å². The van der Waals surface area contributed by atoms with Crippen molar-refractivity contribution in [2.75, 3.05) is 6.61 Å². The van der Waals surface area contributed by atoms with E-state index in [0.29, 0.717) is 6.61 Å². The molecule has 5 nitrogen and oxygen atoms in total. The van der Waals surface area contributed by atoms with Crippen LogP contribution in [0.1, 0.15) is 64.7 Å². The first kappa shape index (κ1) is 16.8. The van der Waals surface area contributed by atoms with Crippen LogP contribution in [0.4, 0.5) is 0 Å². The third kappa shape index (κ3) is 15.8. The maximum atomic E-state index is 10.2. The molecular weight excluding hydrogens is 242 g/mol. The molecule has 0 aromatic heterocycles. The summed E-state index contributed by atoms with van der Waals surface area (Å²) in [5, 5.41) is 0. The van der Waals surface area contributed by atoms with Crippen molar-refractivity contribution >= 4 is 10.3 Å². The summed E-state index contributed by atoms with van der Waals surface area (Å²) in [6, 6.07) is 0. The summed E-state index contributed by atoms with van der Waals surface area (Å²) in [5.41, 5.74) is 0. The Morgan fingerprint density at radius 1 is 0.941 bits per heavy atom. The number of rotatable bonds is 12. The van der Waals surface area contributed by atoms with Crippen molar-refractivity contribution in [3.05, 3.63) is 0 Å². The summed E-state index contributed by atoms with van der Waals surface area (Å²) in [4.78, 5) is 6.14. The van der Waals surface area contributed by atoms with Gasteiger partial charge in [-0.1, -0.05) is 63.2 Å². The van der Waals surface area contributed by atoms with Gasteiger partial charge in [-0.25, -0.2) is 0 Å². The lowest BCUT2D eigenvalue weighted by molar-refractivity contribution is 0.0832. The van der Waals surface area contributed by atoms with E-state index in [9.17, 15) is 8.42 Å². The van der Waals surface area contributed by atoms with Crippen LogP contribution in [0.2, 0.25) is 0 Å². The zero-order chi connectivity index (χ0) is 13.0. The van der Waals surface area contributed by atoms with E-state index in [1.54, 1.807) is 4.89 Å². The second kappa shape index (κ2) is 11.0. The maximum absolute atomic E-state index is 10.2. The molecule has 0 radical (unpaired) electrons. The molecule has 17 heavy (non-hydrogen) atoms. The lowest BCUT2D eigenvalue weighted by atomic mass is 10.1. The molecule has 0 saturated carbocycles. The molecule has 6 heteroatoms. The van der Waals surface area contributed by atoms with Crippen molar-refractivity contribution in [3.8, 4) is 0 Å². The van der Waals surface area contributed by atoms with E-state index in [0.717, 1.165) is 19.3 Å². The first-order valence-corrected chi connectivity index (χ1v) is 7.86. The number of unbranched alkanes of at least 4 members (excludes halogenated alkanes) is 8. The van der Waals surface area contributed by atoms with Crippen LogP contribution >= 0.6 is 0 Å². The van der Waals surface area contributed by atoms with Gasteiger partial charge in [-0.15, -0.1) is 0 Å². The number of nitrogens with one attached hydrogen (secondary N) is 1. The van der Waals surface area contributed by atoms with Gasteiger partial charge in [0.15, 0.2) is 0 Å². The van der Waals surface area contributed by atoms with Gasteiger partial charge in [0.05, 0.1) is 6.61 Å². The summed E-state index contributed by atoms with van der Waals surface area (Å²) >= 11 is 0. The first-order valence-electron chi connectivity index (χ1n) is 6.42. The van der Waals surface area contributed by atoms with Gasteiger partial charge in [-0.3, -0.25) is 9.39 Å². The van der Waals surface area contributed by atoms with Crippen LogP contribution in [0.15, 0.2) is 0 Å². The summed E-state index contributed by atoms with van der Waals surface area (Å²) in [6.45, 7) is 2.51. The minimum atomic E-state index is -4.21. The molecule has 0 atom stereocenters. The third-order valence-corrected chi connectivity index (χ3v) is 2.84. The van der Waals surface area contributed by atoms with E-state index in [-0.39, 0.29) is 0 Å². The second-order valence-corrected chi connectivity index (χ2v) is 5.35. The smallest absolute Gasteiger partial charge is 0.285 e. The maximum Gasteiger partial charge on any atom is 0.355 e. The quantitative estimate of drug-likeness (QED) is 0.324. The molecule has 0 rings (SSSR count). The van der Waals surface area contributed by atoms with Crippen molar-refractivity contribution in [3.63, 3.8) is 0 Å². The normalized spacial score (nSPS) is 11.9. The van der Waals surface area contributed by atoms with E-state index < -0.39 is 10.3 Å². The lowest BCUT2D eigenvalue weighted by Crippen LogP contribution is -2.23. The Kier molecular flexibility index (Phi) is 10.8. The van der Waals surface area contributed by atoms with E-state index in [4.69, 9.17) is 4.55 Å². The first-order chi connectivity index (χ1) is 8.06. The molecule has 0 spiro atoms. The topological polar surface area (TPSA) is 75.6 Å². The van der Waals surface area contributed by atoms with Gasteiger partial charge in [0.1, 0.15) is 0 Å². The molecule has 104 valence electrons. The molecule has 2 N–H and O–H groups in total. The van der Waals surface area contributed by atoms with Gasteiger partial charge in [0, 0.05) is 0 Å². The predicted molar refractivity (Wildman–Crippen MR) is 67.9 cm³/mol. The monoisotopic (exact) mass is 267 g/mol. The summed E-state index contributed by atoms with van der Waals surface area (Å²) in [6.07, 6.45) is 10.7. The second-order valence-electron chi connectivity index (χ2n) is 4.24. The fourth-order valence-corrected chi connectivity index (χ4v) is 1.83. The highest BCUT2D eigenvalue weighted by atomic mass is 32.2. The Bertz CT molecular complexity index is 254. The highest BCUT2D eigenvalue weighted by molar-refractivity contribution is 7.83. The standard InChI is InChI=1S/C11H25NO4S/c1-2-3-4-5-6-7-8-9-10-11-16-12-17(13,14)15/h12H,2-11H2,1H3,(H,13,14,15). The molecule has 0 aliphatic rings. The van der Waals surface area contributed by atoms with Gasteiger partial charge in [0.2, 0.25) is 0 Å². The Hall–Kier alpha value is -0.170. The van der Waals surface area contributed by atoms with Crippen LogP contribution in [-0.2, 0) is 15.1 Å². The van der Waals surface area contributed by atoms with Crippen molar-refractivity contribution in [2.24, 2.45) is 0 Å². The highest BCUT2D eigenvalue weighted by Crippen LogP contribution is 2.09. The molecule has 0 unspecified atom stereocenters. The average molecular weight is 267 g/mol. The van der Waals surface area contributed by atoms with E-state index in [2.05, 4.69) is 11.8 Å². The molecule has 0 saturated heterocycles. The van der Waals surface area contributed by atoms with E-state index >= 15 is 0 Å². The van der Waals surface area contributed by atoms with E-state index in [1.807, 2.05) is 0 Å². The van der Waals surface area contributed by atoms with Gasteiger partial charge < -0.3 is 0 Å². The average Bonchev–Trinajstić information content (AvgIpc) is 2.24. The minimum Gasteiger partial charge on any atom is -0.285 e. The molecule has 0 aromatic carbocycles. The van der Waals surface area contributed by atoms with Crippen LogP contribution in [0.3, 0.4) is 0 Å². The van der Waals surface area contributed by atoms with Crippen molar-refractivity contribution < 1.29 is 17.8 Å². The fraction of sp³-hybridized carbons (Fsp3) is 1.00. The van der Waals surface area contributed by atoms with Crippen LogP contribution in [-0.4, -0.2) is 19.6 Å². The fourth-order valence-electron chi connectivity index (χ4n) is 1.60. The predicted octanol–water partition coefficient (Wildman–Crippen LogP) is 2.84. The molecule has 0 bridgehead atoms. The van der Waals surface area contributed by atoms with Crippen molar-refractivity contribution in [1.29, 1.82) is 0 Å². The summed E-state index contributed by atoms with van der Waals surface area (Å²) in [5.74, 6) is 0. The van der Waals surface area contributed by atoms with Crippen molar-refractivity contribution in [1.82, 2.24) is 4.89 Å². The number of hydrogen-bond donors (Lipinski definition) is 2. The molecule has 0 aliphatic carbocycles. The summed E-state index contributed by atoms with van der Waals surface area (Å²) < 4.78 is 28.7. The summed E-state index contributed by atoms with van der Waals surface area (Å²) in [7, 11) is -4.21. The Morgan fingerprint density at radius 3 is 1.88 bits per heavy atom. The largest absolute Gasteiger partial charge is 0.355 e. The Morgan fingerprint density at radius 2 is 1.41 bits per heavy atom. The molecule has 0 aliphatic heterocycles. The van der Waals surface area contributed by atoms with Crippen molar-refractivity contribution in [2.45, 2.75) is 64.7 Å². The molecule has 0 aromatic rings. The zero-order valence-electron chi connectivity index (χ0n) is 10.7. The van der Waals surface area contributed by atoms with Gasteiger partial charge in [-0.05, 0) is 6.42 Å². The van der Waals surface area contributed by atoms with E-state index in [1.165, 1.54) is 38.5 Å². The van der Waals surface area contributed by atoms with Crippen LogP contribution in [0.5, 0.6) is 0 Å². The molecular formula is C11H25NO4S. The minimum absolute atomic E-state index is 0.301. The highest BCUT2D eigenvalue weighted by Gasteiger charge is 2.01. The zero-order valence-corrected chi connectivity index (χ0v) is 11.5. The van der Waals surface area contributed by atoms with Crippen LogP contribution in [0.25, 0.3) is 0 Å².